The molecule has 0 saturated carbocycles. The molecule has 0 radical (unpaired) electrons. The van der Waals surface area contributed by atoms with Crippen molar-refractivity contribution in [1.82, 2.24) is 9.88 Å². The van der Waals surface area contributed by atoms with Gasteiger partial charge in [-0.1, -0.05) is 11.2 Å². The molecule has 8 nitrogen and oxygen atoms in total. The summed E-state index contributed by atoms with van der Waals surface area (Å²) >= 11 is 0. The number of ether oxygens (including phenoxy) is 1. The average Bonchev–Trinajstić information content (AvgIpc) is 2.90. The maximum absolute atomic E-state index is 12.5. The van der Waals surface area contributed by atoms with Gasteiger partial charge in [-0.25, -0.2) is 13.1 Å². The number of hydrogen-bond acceptors (Lipinski definition) is 6. The summed E-state index contributed by atoms with van der Waals surface area (Å²) < 4.78 is 37.6. The number of carbonyl (C=O) groups excluding carboxylic acids is 1. The summed E-state index contributed by atoms with van der Waals surface area (Å²) in [5, 5.41) is 3.66. The number of hydrogen-bond donors (Lipinski definition) is 1. The van der Waals surface area contributed by atoms with Gasteiger partial charge in [0.1, 0.15) is 16.3 Å². The molecule has 0 atom stereocenters. The lowest BCUT2D eigenvalue weighted by molar-refractivity contribution is -0.116. The molecule has 1 N–H and O–H groups in total. The van der Waals surface area contributed by atoms with Crippen LogP contribution in [0.15, 0.2) is 27.6 Å². The minimum atomic E-state index is -3.78. The molecule has 1 amide bonds. The Morgan fingerprint density at radius 2 is 2.00 bits per heavy atom. The Kier molecular flexibility index (Phi) is 6.04. The van der Waals surface area contributed by atoms with E-state index < -0.39 is 10.0 Å². The van der Waals surface area contributed by atoms with Crippen molar-refractivity contribution in [3.05, 3.63) is 35.2 Å². The second-order valence-corrected chi connectivity index (χ2v) is 7.60. The molecule has 0 unspecified atom stereocenters. The summed E-state index contributed by atoms with van der Waals surface area (Å²) in [6.07, 6.45) is 0. The number of aromatic nitrogens is 1. The van der Waals surface area contributed by atoms with E-state index in [0.29, 0.717) is 17.1 Å². The van der Waals surface area contributed by atoms with E-state index in [1.54, 1.807) is 13.0 Å². The highest BCUT2D eigenvalue weighted by Gasteiger charge is 2.24. The van der Waals surface area contributed by atoms with Crippen LogP contribution in [0.3, 0.4) is 0 Å². The van der Waals surface area contributed by atoms with E-state index >= 15 is 0 Å². The normalized spacial score (nSPS) is 11.4. The van der Waals surface area contributed by atoms with E-state index in [9.17, 15) is 13.2 Å². The fraction of sp³-hybridized carbons (Fsp3) is 0.412. The van der Waals surface area contributed by atoms with Crippen LogP contribution in [-0.2, 0) is 14.8 Å². The number of nitrogens with one attached hydrogen (secondary N) is 1. The average molecular weight is 381 g/mol. The number of rotatable bonds is 7. The van der Waals surface area contributed by atoms with Crippen LogP contribution in [-0.4, -0.2) is 39.7 Å². The number of methoxy groups -OCH3 is 1. The molecule has 9 heteroatoms. The van der Waals surface area contributed by atoms with Crippen molar-refractivity contribution in [3.8, 4) is 5.75 Å². The number of anilines is 1. The Labute approximate surface area is 153 Å². The van der Waals surface area contributed by atoms with Crippen LogP contribution in [0.1, 0.15) is 23.9 Å². The van der Waals surface area contributed by atoms with Gasteiger partial charge in [-0.3, -0.25) is 4.79 Å². The molecule has 0 bridgehead atoms. The fourth-order valence-electron chi connectivity index (χ4n) is 2.68. The Morgan fingerprint density at radius 1 is 1.31 bits per heavy atom. The van der Waals surface area contributed by atoms with Crippen LogP contribution in [0.25, 0.3) is 0 Å². The van der Waals surface area contributed by atoms with Crippen molar-refractivity contribution in [2.24, 2.45) is 0 Å². The van der Waals surface area contributed by atoms with E-state index in [0.717, 1.165) is 5.56 Å². The summed E-state index contributed by atoms with van der Waals surface area (Å²) in [5.41, 5.74) is 1.85. The van der Waals surface area contributed by atoms with E-state index in [1.165, 1.54) is 25.9 Å². The molecule has 26 heavy (non-hydrogen) atoms. The minimum Gasteiger partial charge on any atom is -0.495 e. The van der Waals surface area contributed by atoms with Crippen LogP contribution in [0.4, 0.5) is 5.69 Å². The molecule has 0 aliphatic heterocycles. The number of sulfonamides is 1. The van der Waals surface area contributed by atoms with Crippen molar-refractivity contribution < 1.29 is 22.5 Å². The molecule has 1 aromatic heterocycles. The summed E-state index contributed by atoms with van der Waals surface area (Å²) in [6, 6.07) is 5.47. The first-order valence-corrected chi connectivity index (χ1v) is 9.51. The van der Waals surface area contributed by atoms with Gasteiger partial charge in [0.25, 0.3) is 0 Å². The third kappa shape index (κ3) is 4.23. The van der Waals surface area contributed by atoms with Gasteiger partial charge >= 0.3 is 0 Å². The van der Waals surface area contributed by atoms with Gasteiger partial charge in [0.05, 0.1) is 12.8 Å². The number of amides is 1. The maximum atomic E-state index is 12.5. The number of nitrogens with zero attached hydrogens (tertiary/aromatic N) is 2. The van der Waals surface area contributed by atoms with Gasteiger partial charge in [-0.05, 0) is 38.5 Å². The first-order valence-electron chi connectivity index (χ1n) is 8.02. The molecular formula is C17H23N3O5S. The lowest BCUT2D eigenvalue weighted by Gasteiger charge is -2.24. The smallest absolute Gasteiger partial charge is 0.246 e. The van der Waals surface area contributed by atoms with E-state index in [2.05, 4.69) is 9.88 Å². The molecule has 0 aliphatic rings. The van der Waals surface area contributed by atoms with Crippen molar-refractivity contribution in [1.29, 1.82) is 0 Å². The topological polar surface area (TPSA) is 102 Å². The molecule has 0 spiro atoms. The minimum absolute atomic E-state index is 0.0278. The lowest BCUT2D eigenvalue weighted by Crippen LogP contribution is -2.38. The van der Waals surface area contributed by atoms with E-state index in [4.69, 9.17) is 9.26 Å². The van der Waals surface area contributed by atoms with Crippen LogP contribution in [0.2, 0.25) is 0 Å². The number of carbonyl (C=O) groups is 1. The first kappa shape index (κ1) is 19.9. The quantitative estimate of drug-likeness (QED) is 0.786. The van der Waals surface area contributed by atoms with Gasteiger partial charge in [0, 0.05) is 20.0 Å². The largest absolute Gasteiger partial charge is 0.495 e. The van der Waals surface area contributed by atoms with Crippen LogP contribution in [0.5, 0.6) is 5.75 Å². The molecule has 0 fully saturated rings. The monoisotopic (exact) mass is 381 g/mol. The van der Waals surface area contributed by atoms with Gasteiger partial charge in [0.15, 0.2) is 5.76 Å². The second kappa shape index (κ2) is 7.88. The third-order valence-electron chi connectivity index (χ3n) is 3.87. The fourth-order valence-corrected chi connectivity index (χ4v) is 4.03. The Bertz CT molecular complexity index is 886. The van der Waals surface area contributed by atoms with Crippen molar-refractivity contribution >= 4 is 21.6 Å². The van der Waals surface area contributed by atoms with Crippen LogP contribution in [0, 0.1) is 20.8 Å². The van der Waals surface area contributed by atoms with Gasteiger partial charge < -0.3 is 14.2 Å². The van der Waals surface area contributed by atoms with Crippen molar-refractivity contribution in [2.75, 3.05) is 25.1 Å². The number of aryl methyl sites for hydroxylation is 3. The van der Waals surface area contributed by atoms with Crippen LogP contribution >= 0.6 is 0 Å². The third-order valence-corrected chi connectivity index (χ3v) is 5.57. The first-order chi connectivity index (χ1) is 12.2. The van der Waals surface area contributed by atoms with Crippen molar-refractivity contribution in [2.45, 2.75) is 32.6 Å². The van der Waals surface area contributed by atoms with Gasteiger partial charge in [0.2, 0.25) is 15.9 Å². The highest BCUT2D eigenvalue weighted by atomic mass is 32.2. The molecule has 1 heterocycles. The van der Waals surface area contributed by atoms with Crippen LogP contribution < -0.4 is 14.4 Å². The summed E-state index contributed by atoms with van der Waals surface area (Å²) in [6.45, 7) is 6.60. The summed E-state index contributed by atoms with van der Waals surface area (Å²) in [7, 11) is -2.26. The second-order valence-electron chi connectivity index (χ2n) is 5.90. The zero-order valence-electron chi connectivity index (χ0n) is 15.5. The predicted octanol–water partition coefficient (Wildman–Crippen LogP) is 1.94. The highest BCUT2D eigenvalue weighted by molar-refractivity contribution is 7.89. The Balaban J connectivity index is 2.18. The molecular weight excluding hydrogens is 358 g/mol. The standard InChI is InChI=1S/C17H23N3O5S/c1-11-6-7-16(24-5)15(10-11)20(14(4)21)9-8-18-26(22,23)17-12(2)19-25-13(17)3/h6-7,10,18H,8-9H2,1-5H3. The van der Waals surface area contributed by atoms with Gasteiger partial charge in [-0.15, -0.1) is 0 Å². The molecule has 0 aliphatic carbocycles. The molecule has 2 rings (SSSR count). The maximum Gasteiger partial charge on any atom is 0.246 e. The Morgan fingerprint density at radius 3 is 2.54 bits per heavy atom. The SMILES string of the molecule is COc1ccc(C)cc1N(CCNS(=O)(=O)c1c(C)noc1C)C(C)=O. The predicted molar refractivity (Wildman–Crippen MR) is 96.9 cm³/mol. The van der Waals surface area contributed by atoms with Gasteiger partial charge in [-0.2, -0.15) is 0 Å². The Hall–Kier alpha value is -2.39. The summed E-state index contributed by atoms with van der Waals surface area (Å²) in [4.78, 5) is 13.6. The number of benzene rings is 1. The zero-order chi connectivity index (χ0) is 19.5. The van der Waals surface area contributed by atoms with E-state index in [-0.39, 0.29) is 29.7 Å². The molecule has 0 saturated heterocycles. The molecule has 2 aromatic rings. The van der Waals surface area contributed by atoms with E-state index in [1.807, 2.05) is 19.1 Å². The summed E-state index contributed by atoms with van der Waals surface area (Å²) in [5.74, 6) is 0.545. The zero-order valence-corrected chi connectivity index (χ0v) is 16.3. The highest BCUT2D eigenvalue weighted by Crippen LogP contribution is 2.29. The molecule has 142 valence electrons. The molecule has 1 aromatic carbocycles. The lowest BCUT2D eigenvalue weighted by atomic mass is 10.2. The van der Waals surface area contributed by atoms with Crippen molar-refractivity contribution in [3.63, 3.8) is 0 Å².